The van der Waals surface area contributed by atoms with Crippen LogP contribution in [0.1, 0.15) is 0 Å². The molecule has 0 unspecified atom stereocenters. The van der Waals surface area contributed by atoms with E-state index in [9.17, 15) is 0 Å². The number of hydrogen-bond donors (Lipinski definition) is 0. The van der Waals surface area contributed by atoms with Crippen molar-refractivity contribution in [2.75, 3.05) is 0 Å². The van der Waals surface area contributed by atoms with Crippen LogP contribution in [0.3, 0.4) is 0 Å². The van der Waals surface area contributed by atoms with E-state index in [1.54, 1.807) is 0 Å². The maximum Gasteiger partial charge on any atom is 0.0484 e. The molecule has 2 aromatic heterocycles. The zero-order valence-electron chi connectivity index (χ0n) is 19.0. The van der Waals surface area contributed by atoms with Gasteiger partial charge in [-0.2, -0.15) is 0 Å². The SMILES string of the molecule is Cn1cc(-c2ccc(Cl)cc2)c2ccccc21.Cn1cc(-c2ccc(Cl)cc2)c2ccccc21. The number of aryl methyl sites for hydroxylation is 2. The lowest BCUT2D eigenvalue weighted by Gasteiger charge is -1.99. The first-order valence-electron chi connectivity index (χ1n) is 11.1. The quantitative estimate of drug-likeness (QED) is 0.233. The van der Waals surface area contributed by atoms with Gasteiger partial charge in [0.15, 0.2) is 0 Å². The van der Waals surface area contributed by atoms with Gasteiger partial charge in [0.05, 0.1) is 0 Å². The van der Waals surface area contributed by atoms with Gasteiger partial charge in [-0.15, -0.1) is 0 Å². The Morgan fingerprint density at radius 2 is 0.824 bits per heavy atom. The number of fused-ring (bicyclic) bond motifs is 2. The van der Waals surface area contributed by atoms with Gasteiger partial charge >= 0.3 is 0 Å². The molecule has 0 aliphatic carbocycles. The Bertz CT molecular complexity index is 1450. The average Bonchev–Trinajstić information content (AvgIpc) is 3.38. The highest BCUT2D eigenvalue weighted by atomic mass is 35.5. The van der Waals surface area contributed by atoms with Gasteiger partial charge in [0.1, 0.15) is 0 Å². The molecule has 168 valence electrons. The van der Waals surface area contributed by atoms with Crippen LogP contribution in [0.2, 0.25) is 10.0 Å². The zero-order valence-corrected chi connectivity index (χ0v) is 20.6. The monoisotopic (exact) mass is 482 g/mol. The van der Waals surface area contributed by atoms with Crippen molar-refractivity contribution in [3.63, 3.8) is 0 Å². The lowest BCUT2D eigenvalue weighted by molar-refractivity contribution is 0.970. The standard InChI is InChI=1S/2C15H12ClN/c2*1-17-10-14(11-6-8-12(16)9-7-11)13-4-2-3-5-15(13)17/h2*2-10H,1H3. The molecule has 0 N–H and O–H groups in total. The van der Waals surface area contributed by atoms with E-state index in [0.29, 0.717) is 0 Å². The van der Waals surface area contributed by atoms with Gasteiger partial charge in [-0.1, -0.05) is 83.9 Å². The van der Waals surface area contributed by atoms with Gasteiger partial charge in [0.25, 0.3) is 0 Å². The van der Waals surface area contributed by atoms with Crippen LogP contribution in [0.5, 0.6) is 0 Å². The molecular weight excluding hydrogens is 459 g/mol. The smallest absolute Gasteiger partial charge is 0.0484 e. The third-order valence-corrected chi connectivity index (χ3v) is 6.61. The molecule has 6 rings (SSSR count). The minimum atomic E-state index is 0.772. The first-order valence-corrected chi connectivity index (χ1v) is 11.9. The van der Waals surface area contributed by atoms with Crippen LogP contribution < -0.4 is 0 Å². The van der Waals surface area contributed by atoms with Crippen LogP contribution in [0.4, 0.5) is 0 Å². The van der Waals surface area contributed by atoms with Crippen LogP contribution in [0.15, 0.2) is 109 Å². The summed E-state index contributed by atoms with van der Waals surface area (Å²) in [7, 11) is 4.14. The van der Waals surface area contributed by atoms with E-state index in [1.165, 1.54) is 44.1 Å². The largest absolute Gasteiger partial charge is 0.350 e. The molecular formula is C30H24Cl2N2. The van der Waals surface area contributed by atoms with Crippen LogP contribution in [-0.2, 0) is 14.1 Å². The number of halogens is 2. The summed E-state index contributed by atoms with van der Waals surface area (Å²) in [5, 5.41) is 4.10. The lowest BCUT2D eigenvalue weighted by Crippen LogP contribution is -1.81. The highest BCUT2D eigenvalue weighted by molar-refractivity contribution is 6.31. The van der Waals surface area contributed by atoms with E-state index >= 15 is 0 Å². The summed E-state index contributed by atoms with van der Waals surface area (Å²) in [6.07, 6.45) is 4.32. The van der Waals surface area contributed by atoms with Crippen molar-refractivity contribution < 1.29 is 0 Å². The molecule has 6 aromatic rings. The molecule has 0 bridgehead atoms. The van der Waals surface area contributed by atoms with Gasteiger partial charge in [-0.05, 0) is 47.5 Å². The van der Waals surface area contributed by atoms with E-state index < -0.39 is 0 Å². The molecule has 0 saturated heterocycles. The molecule has 0 radical (unpaired) electrons. The number of aromatic nitrogens is 2. The number of hydrogen-bond acceptors (Lipinski definition) is 0. The minimum absolute atomic E-state index is 0.772. The second-order valence-electron chi connectivity index (χ2n) is 8.36. The first-order chi connectivity index (χ1) is 16.5. The van der Waals surface area contributed by atoms with Gasteiger partial charge < -0.3 is 9.13 Å². The highest BCUT2D eigenvalue weighted by Gasteiger charge is 2.08. The summed E-state index contributed by atoms with van der Waals surface area (Å²) in [5.41, 5.74) is 7.40. The van der Waals surface area contributed by atoms with Crippen molar-refractivity contribution in [3.05, 3.63) is 120 Å². The van der Waals surface area contributed by atoms with E-state index in [0.717, 1.165) is 10.0 Å². The molecule has 34 heavy (non-hydrogen) atoms. The summed E-state index contributed by atoms with van der Waals surface area (Å²) in [6, 6.07) is 32.8. The Hall–Kier alpha value is -3.46. The fraction of sp³-hybridized carbons (Fsp3) is 0.0667. The maximum atomic E-state index is 5.92. The first kappa shape index (κ1) is 22.3. The van der Waals surface area contributed by atoms with Gasteiger partial charge in [-0.25, -0.2) is 0 Å². The molecule has 0 aliphatic rings. The lowest BCUT2D eigenvalue weighted by atomic mass is 10.1. The van der Waals surface area contributed by atoms with Gasteiger partial charge in [0.2, 0.25) is 0 Å². The Morgan fingerprint density at radius 3 is 1.21 bits per heavy atom. The summed E-state index contributed by atoms with van der Waals surface area (Å²) in [6.45, 7) is 0. The topological polar surface area (TPSA) is 9.86 Å². The highest BCUT2D eigenvalue weighted by Crippen LogP contribution is 2.31. The molecule has 4 aromatic carbocycles. The number of nitrogens with zero attached hydrogens (tertiary/aromatic N) is 2. The summed E-state index contributed by atoms with van der Waals surface area (Å²) < 4.78 is 4.30. The second-order valence-corrected chi connectivity index (χ2v) is 9.23. The predicted octanol–water partition coefficient (Wildman–Crippen LogP) is 9.00. The number of rotatable bonds is 2. The minimum Gasteiger partial charge on any atom is -0.350 e. The third kappa shape index (κ3) is 4.35. The van der Waals surface area contributed by atoms with Crippen LogP contribution in [-0.4, -0.2) is 9.13 Å². The maximum absolute atomic E-state index is 5.92. The van der Waals surface area contributed by atoms with Crippen LogP contribution >= 0.6 is 23.2 Å². The predicted molar refractivity (Wildman–Crippen MR) is 147 cm³/mol. The molecule has 0 spiro atoms. The third-order valence-electron chi connectivity index (χ3n) is 6.10. The van der Waals surface area contributed by atoms with E-state index in [-0.39, 0.29) is 0 Å². The van der Waals surface area contributed by atoms with Gasteiger partial charge in [-0.3, -0.25) is 0 Å². The van der Waals surface area contributed by atoms with E-state index in [1.807, 2.05) is 24.3 Å². The summed E-state index contributed by atoms with van der Waals surface area (Å²) in [5.74, 6) is 0. The normalized spacial score (nSPS) is 10.9. The molecule has 0 fully saturated rings. The summed E-state index contributed by atoms with van der Waals surface area (Å²) >= 11 is 11.8. The average molecular weight is 483 g/mol. The Labute approximate surface area is 209 Å². The second kappa shape index (κ2) is 9.42. The van der Waals surface area contributed by atoms with Crippen LogP contribution in [0, 0.1) is 0 Å². The molecule has 4 heteroatoms. The van der Waals surface area contributed by atoms with Crippen molar-refractivity contribution in [3.8, 4) is 22.3 Å². The fourth-order valence-electron chi connectivity index (χ4n) is 4.40. The van der Waals surface area contributed by atoms with Crippen molar-refractivity contribution in [1.29, 1.82) is 0 Å². The van der Waals surface area contributed by atoms with Crippen LogP contribution in [0.25, 0.3) is 44.1 Å². The molecule has 0 amide bonds. The molecule has 2 heterocycles. The molecule has 2 nitrogen and oxygen atoms in total. The van der Waals surface area contributed by atoms with Crippen molar-refractivity contribution in [2.45, 2.75) is 0 Å². The van der Waals surface area contributed by atoms with Crippen molar-refractivity contribution in [1.82, 2.24) is 9.13 Å². The summed E-state index contributed by atoms with van der Waals surface area (Å²) in [4.78, 5) is 0. The molecule has 0 aliphatic heterocycles. The zero-order chi connectivity index (χ0) is 23.7. The van der Waals surface area contributed by atoms with Crippen molar-refractivity contribution >= 4 is 45.0 Å². The molecule has 0 saturated carbocycles. The van der Waals surface area contributed by atoms with Gasteiger partial charge in [0, 0.05) is 69.5 Å². The molecule has 0 atom stereocenters. The number of benzene rings is 4. The van der Waals surface area contributed by atoms with E-state index in [2.05, 4.69) is 108 Å². The Kier molecular flexibility index (Phi) is 6.19. The number of para-hydroxylation sites is 2. The Morgan fingerprint density at radius 1 is 0.471 bits per heavy atom. The van der Waals surface area contributed by atoms with E-state index in [4.69, 9.17) is 23.2 Å². The fourth-order valence-corrected chi connectivity index (χ4v) is 4.65. The van der Waals surface area contributed by atoms with Crippen molar-refractivity contribution in [2.24, 2.45) is 14.1 Å². The Balaban J connectivity index is 0.000000142.